The second-order valence-corrected chi connectivity index (χ2v) is 5.20. The number of rotatable bonds is 1. The number of benzene rings is 1. The van der Waals surface area contributed by atoms with Gasteiger partial charge in [-0.25, -0.2) is 0 Å². The molecule has 0 spiro atoms. The number of ether oxygens (including phenoxy) is 2. The van der Waals surface area contributed by atoms with E-state index >= 15 is 0 Å². The molecule has 1 N–H and O–H groups in total. The molecule has 0 saturated carbocycles. The van der Waals surface area contributed by atoms with Gasteiger partial charge in [0.05, 0.1) is 0 Å². The first-order valence-corrected chi connectivity index (χ1v) is 6.39. The third-order valence-corrected chi connectivity index (χ3v) is 3.84. The molecule has 0 radical (unpaired) electrons. The molecular weight excluding hydrogens is 214 g/mol. The van der Waals surface area contributed by atoms with Crippen molar-refractivity contribution >= 4 is 0 Å². The molecule has 2 aliphatic rings. The molecule has 2 aliphatic heterocycles. The van der Waals surface area contributed by atoms with Crippen molar-refractivity contribution in [2.24, 2.45) is 0 Å². The van der Waals surface area contributed by atoms with E-state index in [0.717, 1.165) is 24.6 Å². The maximum atomic E-state index is 5.65. The van der Waals surface area contributed by atoms with Crippen LogP contribution in [-0.4, -0.2) is 26.3 Å². The average molecular weight is 233 g/mol. The predicted octanol–water partition coefficient (Wildman–Crippen LogP) is 2.10. The van der Waals surface area contributed by atoms with Crippen molar-refractivity contribution in [3.63, 3.8) is 0 Å². The van der Waals surface area contributed by atoms with Crippen LogP contribution in [0.5, 0.6) is 11.5 Å². The Balaban J connectivity index is 1.92. The fourth-order valence-corrected chi connectivity index (χ4v) is 2.72. The van der Waals surface area contributed by atoms with Crippen LogP contribution < -0.4 is 14.8 Å². The Morgan fingerprint density at radius 3 is 2.76 bits per heavy atom. The fraction of sp³-hybridized carbons (Fsp3) is 0.571. The maximum Gasteiger partial charge on any atom is 0.161 e. The molecule has 0 aliphatic carbocycles. The predicted molar refractivity (Wildman–Crippen MR) is 66.9 cm³/mol. The van der Waals surface area contributed by atoms with E-state index in [1.807, 2.05) is 6.07 Å². The minimum absolute atomic E-state index is 0.230. The van der Waals surface area contributed by atoms with Gasteiger partial charge in [-0.15, -0.1) is 0 Å². The van der Waals surface area contributed by atoms with Crippen molar-refractivity contribution in [1.29, 1.82) is 0 Å². The smallest absolute Gasteiger partial charge is 0.161 e. The molecule has 1 aromatic carbocycles. The molecule has 1 aromatic rings. The Kier molecular flexibility index (Phi) is 2.71. The Hall–Kier alpha value is -1.22. The topological polar surface area (TPSA) is 30.5 Å². The van der Waals surface area contributed by atoms with Crippen molar-refractivity contribution in [2.75, 3.05) is 26.3 Å². The zero-order valence-electron chi connectivity index (χ0n) is 10.3. The van der Waals surface area contributed by atoms with Gasteiger partial charge in [0.2, 0.25) is 0 Å². The van der Waals surface area contributed by atoms with Gasteiger partial charge in [0.1, 0.15) is 13.2 Å². The minimum Gasteiger partial charge on any atom is -0.486 e. The summed E-state index contributed by atoms with van der Waals surface area (Å²) in [7, 11) is 0. The van der Waals surface area contributed by atoms with Crippen LogP contribution in [0.15, 0.2) is 18.2 Å². The normalized spacial score (nSPS) is 27.8. The molecule has 2 heterocycles. The zero-order chi connectivity index (χ0) is 11.7. The summed E-state index contributed by atoms with van der Waals surface area (Å²) in [5, 5.41) is 3.48. The van der Waals surface area contributed by atoms with Gasteiger partial charge in [0.25, 0.3) is 0 Å². The highest BCUT2D eigenvalue weighted by Crippen LogP contribution is 2.37. The summed E-state index contributed by atoms with van der Waals surface area (Å²) in [5.41, 5.74) is 1.59. The van der Waals surface area contributed by atoms with Crippen LogP contribution in [0.3, 0.4) is 0 Å². The molecule has 1 fully saturated rings. The van der Waals surface area contributed by atoms with Gasteiger partial charge < -0.3 is 14.8 Å². The molecule has 0 amide bonds. The SMILES string of the molecule is CC1(c2ccc3c(c2)OCCO3)CCCNC1. The first kappa shape index (κ1) is 10.9. The fourth-order valence-electron chi connectivity index (χ4n) is 2.72. The molecule has 1 atom stereocenters. The van der Waals surface area contributed by atoms with E-state index in [1.165, 1.54) is 18.4 Å². The van der Waals surface area contributed by atoms with Gasteiger partial charge in [-0.2, -0.15) is 0 Å². The molecule has 3 nitrogen and oxygen atoms in total. The number of nitrogens with one attached hydrogen (secondary N) is 1. The lowest BCUT2D eigenvalue weighted by Crippen LogP contribution is -2.41. The third kappa shape index (κ3) is 2.00. The first-order valence-electron chi connectivity index (χ1n) is 6.39. The van der Waals surface area contributed by atoms with Crippen molar-refractivity contribution in [3.05, 3.63) is 23.8 Å². The van der Waals surface area contributed by atoms with Crippen LogP contribution in [-0.2, 0) is 5.41 Å². The standard InChI is InChI=1S/C14H19NO2/c1-14(5-2-6-15-10-14)11-3-4-12-13(9-11)17-8-7-16-12/h3-4,9,15H,2,5-8,10H2,1H3. The Morgan fingerprint density at radius 2 is 2.00 bits per heavy atom. The summed E-state index contributed by atoms with van der Waals surface area (Å²) in [4.78, 5) is 0. The molecule has 17 heavy (non-hydrogen) atoms. The highest BCUT2D eigenvalue weighted by Gasteiger charge is 2.29. The highest BCUT2D eigenvalue weighted by atomic mass is 16.6. The second-order valence-electron chi connectivity index (χ2n) is 5.20. The molecule has 1 unspecified atom stereocenters. The van der Waals surface area contributed by atoms with E-state index < -0.39 is 0 Å². The van der Waals surface area contributed by atoms with Crippen LogP contribution in [0.25, 0.3) is 0 Å². The monoisotopic (exact) mass is 233 g/mol. The van der Waals surface area contributed by atoms with Crippen molar-refractivity contribution in [1.82, 2.24) is 5.32 Å². The van der Waals surface area contributed by atoms with Gasteiger partial charge >= 0.3 is 0 Å². The van der Waals surface area contributed by atoms with E-state index in [-0.39, 0.29) is 5.41 Å². The lowest BCUT2D eigenvalue weighted by Gasteiger charge is -2.35. The Morgan fingerprint density at radius 1 is 1.18 bits per heavy atom. The van der Waals surface area contributed by atoms with Gasteiger partial charge in [-0.3, -0.25) is 0 Å². The minimum atomic E-state index is 0.230. The van der Waals surface area contributed by atoms with E-state index in [1.54, 1.807) is 0 Å². The number of hydrogen-bond acceptors (Lipinski definition) is 3. The van der Waals surface area contributed by atoms with Gasteiger partial charge in [-0.05, 0) is 37.1 Å². The van der Waals surface area contributed by atoms with Crippen molar-refractivity contribution < 1.29 is 9.47 Å². The first-order chi connectivity index (χ1) is 8.28. The lowest BCUT2D eigenvalue weighted by atomic mass is 9.76. The van der Waals surface area contributed by atoms with Crippen LogP contribution in [0.4, 0.5) is 0 Å². The summed E-state index contributed by atoms with van der Waals surface area (Å²) >= 11 is 0. The van der Waals surface area contributed by atoms with Crippen LogP contribution in [0.1, 0.15) is 25.3 Å². The average Bonchev–Trinajstić information content (AvgIpc) is 2.39. The van der Waals surface area contributed by atoms with Crippen LogP contribution >= 0.6 is 0 Å². The summed E-state index contributed by atoms with van der Waals surface area (Å²) < 4.78 is 11.2. The van der Waals surface area contributed by atoms with Crippen molar-refractivity contribution in [2.45, 2.75) is 25.2 Å². The molecule has 3 heteroatoms. The quantitative estimate of drug-likeness (QED) is 0.805. The number of fused-ring (bicyclic) bond motifs is 1. The summed E-state index contributed by atoms with van der Waals surface area (Å²) in [6.45, 7) is 5.83. The van der Waals surface area contributed by atoms with E-state index in [2.05, 4.69) is 24.4 Å². The molecular formula is C14H19NO2. The van der Waals surface area contributed by atoms with Crippen LogP contribution in [0, 0.1) is 0 Å². The molecule has 0 aromatic heterocycles. The summed E-state index contributed by atoms with van der Waals surface area (Å²) in [6, 6.07) is 6.38. The molecule has 92 valence electrons. The van der Waals surface area contributed by atoms with Gasteiger partial charge in [0.15, 0.2) is 11.5 Å². The molecule has 1 saturated heterocycles. The molecule has 0 bridgehead atoms. The second kappa shape index (κ2) is 4.22. The summed E-state index contributed by atoms with van der Waals surface area (Å²) in [6.07, 6.45) is 2.48. The molecule has 3 rings (SSSR count). The number of hydrogen-bond donors (Lipinski definition) is 1. The van der Waals surface area contributed by atoms with Gasteiger partial charge in [-0.1, -0.05) is 13.0 Å². The van der Waals surface area contributed by atoms with E-state index in [0.29, 0.717) is 13.2 Å². The van der Waals surface area contributed by atoms with E-state index in [9.17, 15) is 0 Å². The lowest BCUT2D eigenvalue weighted by molar-refractivity contribution is 0.171. The maximum absolute atomic E-state index is 5.65. The van der Waals surface area contributed by atoms with Crippen molar-refractivity contribution in [3.8, 4) is 11.5 Å². The summed E-state index contributed by atoms with van der Waals surface area (Å²) in [5.74, 6) is 1.79. The number of piperidine rings is 1. The Labute approximate surface area is 102 Å². The largest absolute Gasteiger partial charge is 0.486 e. The third-order valence-electron chi connectivity index (χ3n) is 3.84. The Bertz CT molecular complexity index is 411. The highest BCUT2D eigenvalue weighted by molar-refractivity contribution is 5.46. The van der Waals surface area contributed by atoms with Crippen LogP contribution in [0.2, 0.25) is 0 Å². The van der Waals surface area contributed by atoms with E-state index in [4.69, 9.17) is 9.47 Å². The zero-order valence-corrected chi connectivity index (χ0v) is 10.3. The van der Waals surface area contributed by atoms with Gasteiger partial charge in [0, 0.05) is 12.0 Å².